The largest absolute Gasteiger partial charge is 0.497 e. The van der Waals surface area contributed by atoms with Crippen LogP contribution < -0.4 is 10.5 Å². The highest BCUT2D eigenvalue weighted by Crippen LogP contribution is 2.23. The Morgan fingerprint density at radius 3 is 2.75 bits per heavy atom. The Bertz CT molecular complexity index is 566. The summed E-state index contributed by atoms with van der Waals surface area (Å²) in [6, 6.07) is 7.63. The molecule has 0 unspecified atom stereocenters. The zero-order valence-electron chi connectivity index (χ0n) is 9.15. The normalized spacial score (nSPS) is 10.4. The van der Waals surface area contributed by atoms with Gasteiger partial charge in [-0.2, -0.15) is 0 Å². The molecule has 0 amide bonds. The van der Waals surface area contributed by atoms with Crippen molar-refractivity contribution < 1.29 is 4.74 Å². The van der Waals surface area contributed by atoms with Crippen LogP contribution >= 0.6 is 12.2 Å². The SMILES string of the molecule is COc1ccc2nc(C(N)=S)cc(C)c2c1. The fourth-order valence-corrected chi connectivity index (χ4v) is 1.73. The molecule has 0 spiro atoms. The van der Waals surface area contributed by atoms with Crippen molar-refractivity contribution in [2.45, 2.75) is 6.92 Å². The lowest BCUT2D eigenvalue weighted by molar-refractivity contribution is 0.415. The van der Waals surface area contributed by atoms with E-state index in [0.717, 1.165) is 22.2 Å². The van der Waals surface area contributed by atoms with Gasteiger partial charge in [-0.25, -0.2) is 4.98 Å². The summed E-state index contributed by atoms with van der Waals surface area (Å²) in [5.41, 5.74) is 8.20. The van der Waals surface area contributed by atoms with Crippen LogP contribution in [0.15, 0.2) is 24.3 Å². The van der Waals surface area contributed by atoms with Gasteiger partial charge in [-0.05, 0) is 36.8 Å². The summed E-state index contributed by atoms with van der Waals surface area (Å²) < 4.78 is 5.18. The van der Waals surface area contributed by atoms with E-state index >= 15 is 0 Å². The minimum absolute atomic E-state index is 0.320. The van der Waals surface area contributed by atoms with E-state index in [0.29, 0.717) is 10.7 Å². The van der Waals surface area contributed by atoms with Crippen LogP contribution in [0.5, 0.6) is 5.75 Å². The van der Waals surface area contributed by atoms with E-state index in [2.05, 4.69) is 4.98 Å². The highest BCUT2D eigenvalue weighted by atomic mass is 32.1. The molecule has 1 aromatic heterocycles. The lowest BCUT2D eigenvalue weighted by Gasteiger charge is -2.07. The lowest BCUT2D eigenvalue weighted by atomic mass is 10.1. The quantitative estimate of drug-likeness (QED) is 0.806. The van der Waals surface area contributed by atoms with Crippen molar-refractivity contribution in [1.29, 1.82) is 0 Å². The maximum atomic E-state index is 5.57. The average Bonchev–Trinajstić information content (AvgIpc) is 2.28. The third-order valence-corrected chi connectivity index (χ3v) is 2.68. The molecule has 3 nitrogen and oxygen atoms in total. The fraction of sp³-hybridized carbons (Fsp3) is 0.167. The average molecular weight is 232 g/mol. The Kier molecular flexibility index (Phi) is 2.75. The van der Waals surface area contributed by atoms with E-state index < -0.39 is 0 Å². The number of fused-ring (bicyclic) bond motifs is 1. The summed E-state index contributed by atoms with van der Waals surface area (Å²) in [5.74, 6) is 0.820. The number of hydrogen-bond acceptors (Lipinski definition) is 3. The maximum absolute atomic E-state index is 5.57. The van der Waals surface area contributed by atoms with Crippen LogP contribution in [0.4, 0.5) is 0 Å². The number of rotatable bonds is 2. The zero-order valence-corrected chi connectivity index (χ0v) is 9.97. The van der Waals surface area contributed by atoms with Gasteiger partial charge in [0.2, 0.25) is 0 Å². The first kappa shape index (κ1) is 10.8. The van der Waals surface area contributed by atoms with Gasteiger partial charge in [-0.1, -0.05) is 12.2 Å². The lowest BCUT2D eigenvalue weighted by Crippen LogP contribution is -2.11. The minimum Gasteiger partial charge on any atom is -0.497 e. The van der Waals surface area contributed by atoms with Gasteiger partial charge in [0, 0.05) is 5.39 Å². The van der Waals surface area contributed by atoms with Gasteiger partial charge in [-0.3, -0.25) is 0 Å². The molecule has 1 heterocycles. The second-order valence-corrected chi connectivity index (χ2v) is 4.01. The van der Waals surface area contributed by atoms with E-state index in [1.54, 1.807) is 7.11 Å². The second-order valence-electron chi connectivity index (χ2n) is 3.57. The van der Waals surface area contributed by atoms with Gasteiger partial charge in [0.05, 0.1) is 18.3 Å². The van der Waals surface area contributed by atoms with Crippen molar-refractivity contribution in [3.05, 3.63) is 35.5 Å². The number of methoxy groups -OCH3 is 1. The van der Waals surface area contributed by atoms with Crippen LogP contribution in [0, 0.1) is 6.92 Å². The molecule has 2 rings (SSSR count). The molecule has 16 heavy (non-hydrogen) atoms. The summed E-state index contributed by atoms with van der Waals surface area (Å²) >= 11 is 4.92. The summed E-state index contributed by atoms with van der Waals surface area (Å²) in [7, 11) is 1.65. The van der Waals surface area contributed by atoms with E-state index in [1.165, 1.54) is 0 Å². The molecular formula is C12H12N2OS. The second kappa shape index (κ2) is 4.06. The van der Waals surface area contributed by atoms with E-state index in [9.17, 15) is 0 Å². The molecule has 0 aliphatic rings. The number of aromatic nitrogens is 1. The highest BCUT2D eigenvalue weighted by Gasteiger charge is 2.05. The summed E-state index contributed by atoms with van der Waals surface area (Å²) in [5, 5.41) is 1.05. The van der Waals surface area contributed by atoms with Gasteiger partial charge in [0.15, 0.2) is 0 Å². The number of hydrogen-bond donors (Lipinski definition) is 1. The number of thiocarbonyl (C=S) groups is 1. The third kappa shape index (κ3) is 1.84. The Labute approximate surface area is 99.2 Å². The Balaban J connectivity index is 2.71. The van der Waals surface area contributed by atoms with Gasteiger partial charge >= 0.3 is 0 Å². The van der Waals surface area contributed by atoms with Crippen LogP contribution in [-0.2, 0) is 0 Å². The molecule has 0 aliphatic heterocycles. The first-order chi connectivity index (χ1) is 7.61. The summed E-state index contributed by atoms with van der Waals surface area (Å²) in [6.45, 7) is 2.01. The molecule has 4 heteroatoms. The Hall–Kier alpha value is -1.68. The number of nitrogens with zero attached hydrogens (tertiary/aromatic N) is 1. The van der Waals surface area contributed by atoms with E-state index in [1.807, 2.05) is 31.2 Å². The molecule has 0 aliphatic carbocycles. The van der Waals surface area contributed by atoms with Crippen molar-refractivity contribution in [2.24, 2.45) is 5.73 Å². The molecule has 0 saturated heterocycles. The molecule has 0 saturated carbocycles. The molecule has 0 fully saturated rings. The molecule has 0 bridgehead atoms. The van der Waals surface area contributed by atoms with Crippen molar-refractivity contribution in [3.8, 4) is 5.75 Å². The predicted molar refractivity (Wildman–Crippen MR) is 68.9 cm³/mol. The molecule has 0 radical (unpaired) electrons. The van der Waals surface area contributed by atoms with Crippen LogP contribution in [0.3, 0.4) is 0 Å². The number of pyridine rings is 1. The predicted octanol–water partition coefficient (Wildman–Crippen LogP) is 2.19. The first-order valence-electron chi connectivity index (χ1n) is 4.87. The minimum atomic E-state index is 0.320. The molecular weight excluding hydrogens is 220 g/mol. The molecule has 2 aromatic rings. The van der Waals surface area contributed by atoms with Crippen molar-refractivity contribution in [2.75, 3.05) is 7.11 Å². The van der Waals surface area contributed by atoms with Crippen LogP contribution in [-0.4, -0.2) is 17.1 Å². The Morgan fingerprint density at radius 1 is 1.38 bits per heavy atom. The van der Waals surface area contributed by atoms with E-state index in [-0.39, 0.29) is 0 Å². The molecule has 0 atom stereocenters. The van der Waals surface area contributed by atoms with Crippen LogP contribution in [0.25, 0.3) is 10.9 Å². The monoisotopic (exact) mass is 232 g/mol. The summed E-state index contributed by atoms with van der Waals surface area (Å²) in [4.78, 5) is 4.71. The summed E-state index contributed by atoms with van der Waals surface area (Å²) in [6.07, 6.45) is 0. The highest BCUT2D eigenvalue weighted by molar-refractivity contribution is 7.80. The van der Waals surface area contributed by atoms with Crippen molar-refractivity contribution >= 4 is 28.1 Å². The number of ether oxygens (including phenoxy) is 1. The zero-order chi connectivity index (χ0) is 11.7. The Morgan fingerprint density at radius 2 is 2.12 bits per heavy atom. The van der Waals surface area contributed by atoms with Crippen LogP contribution in [0.2, 0.25) is 0 Å². The fourth-order valence-electron chi connectivity index (χ4n) is 1.63. The van der Waals surface area contributed by atoms with Crippen molar-refractivity contribution in [1.82, 2.24) is 4.98 Å². The van der Waals surface area contributed by atoms with Gasteiger partial charge in [0.25, 0.3) is 0 Å². The first-order valence-corrected chi connectivity index (χ1v) is 5.28. The molecule has 2 N–H and O–H groups in total. The van der Waals surface area contributed by atoms with E-state index in [4.69, 9.17) is 22.7 Å². The number of benzene rings is 1. The van der Waals surface area contributed by atoms with Gasteiger partial charge < -0.3 is 10.5 Å². The standard InChI is InChI=1S/C12H12N2OS/c1-7-5-11(12(13)16)14-10-4-3-8(15-2)6-9(7)10/h3-6H,1-2H3,(H2,13,16). The number of nitrogens with two attached hydrogens (primary N) is 1. The van der Waals surface area contributed by atoms with Gasteiger partial charge in [0.1, 0.15) is 10.7 Å². The maximum Gasteiger partial charge on any atom is 0.122 e. The molecule has 82 valence electrons. The molecule has 1 aromatic carbocycles. The smallest absolute Gasteiger partial charge is 0.122 e. The topological polar surface area (TPSA) is 48.1 Å². The van der Waals surface area contributed by atoms with Crippen LogP contribution in [0.1, 0.15) is 11.3 Å². The van der Waals surface area contributed by atoms with Gasteiger partial charge in [-0.15, -0.1) is 0 Å². The van der Waals surface area contributed by atoms with Crippen molar-refractivity contribution in [3.63, 3.8) is 0 Å². The third-order valence-electron chi connectivity index (χ3n) is 2.48. The number of aryl methyl sites for hydroxylation is 1.